The number of hydrogen-bond donors (Lipinski definition) is 2. The van der Waals surface area contributed by atoms with Gasteiger partial charge in [-0.3, -0.25) is 0 Å². The average molecular weight is 179 g/mol. The van der Waals surface area contributed by atoms with Crippen LogP contribution < -0.4 is 5.73 Å². The first kappa shape index (κ1) is 9.58. The number of anilines is 1. The minimum atomic E-state index is -0.913. The van der Waals surface area contributed by atoms with Crippen molar-refractivity contribution in [2.24, 2.45) is 0 Å². The molecule has 0 radical (unpaired) electrons. The highest BCUT2D eigenvalue weighted by atomic mass is 16.4. The molecule has 0 heterocycles. The number of rotatable bonds is 2. The molecule has 1 aromatic carbocycles. The Morgan fingerprint density at radius 3 is 2.62 bits per heavy atom. The van der Waals surface area contributed by atoms with Crippen LogP contribution in [0.4, 0.5) is 5.69 Å². The zero-order chi connectivity index (χ0) is 10.0. The normalized spacial score (nSPS) is 10.0. The fraction of sp³-hybridized carbons (Fsp3) is 0.300. The van der Waals surface area contributed by atoms with Gasteiger partial charge in [0, 0.05) is 5.69 Å². The molecule has 0 aliphatic rings. The van der Waals surface area contributed by atoms with Gasteiger partial charge in [0.25, 0.3) is 0 Å². The van der Waals surface area contributed by atoms with E-state index in [1.54, 1.807) is 12.1 Å². The number of nitrogen functional groups attached to an aromatic ring is 1. The van der Waals surface area contributed by atoms with Crippen LogP contribution in [-0.4, -0.2) is 11.1 Å². The molecular formula is C10H13NO2. The summed E-state index contributed by atoms with van der Waals surface area (Å²) < 4.78 is 0. The van der Waals surface area contributed by atoms with Crippen molar-refractivity contribution < 1.29 is 9.90 Å². The third-order valence-corrected chi connectivity index (χ3v) is 2.16. The summed E-state index contributed by atoms with van der Waals surface area (Å²) in [5.74, 6) is -0.913. The summed E-state index contributed by atoms with van der Waals surface area (Å²) in [6, 6.07) is 3.34. The van der Waals surface area contributed by atoms with Crippen molar-refractivity contribution in [1.82, 2.24) is 0 Å². The Morgan fingerprint density at radius 1 is 1.54 bits per heavy atom. The maximum atomic E-state index is 10.8. The van der Waals surface area contributed by atoms with Crippen molar-refractivity contribution in [2.75, 3.05) is 5.73 Å². The Kier molecular flexibility index (Phi) is 2.56. The quantitative estimate of drug-likeness (QED) is 0.681. The number of carboxylic acid groups (broad SMARTS) is 1. The van der Waals surface area contributed by atoms with E-state index in [9.17, 15) is 4.79 Å². The molecule has 3 nitrogen and oxygen atoms in total. The van der Waals surface area contributed by atoms with Gasteiger partial charge in [-0.05, 0) is 30.5 Å². The summed E-state index contributed by atoms with van der Waals surface area (Å²) in [4.78, 5) is 10.8. The summed E-state index contributed by atoms with van der Waals surface area (Å²) >= 11 is 0. The van der Waals surface area contributed by atoms with Gasteiger partial charge in [-0.15, -0.1) is 0 Å². The molecule has 3 heteroatoms. The van der Waals surface area contributed by atoms with E-state index in [4.69, 9.17) is 10.8 Å². The number of aromatic carboxylic acids is 1. The van der Waals surface area contributed by atoms with Gasteiger partial charge in [0.2, 0.25) is 0 Å². The van der Waals surface area contributed by atoms with Crippen LogP contribution in [0.5, 0.6) is 0 Å². The Labute approximate surface area is 77.2 Å². The lowest BCUT2D eigenvalue weighted by Crippen LogP contribution is -2.06. The van der Waals surface area contributed by atoms with Crippen molar-refractivity contribution in [3.05, 3.63) is 28.8 Å². The van der Waals surface area contributed by atoms with Crippen LogP contribution in [0.25, 0.3) is 0 Å². The van der Waals surface area contributed by atoms with Crippen LogP contribution in [0.15, 0.2) is 12.1 Å². The first-order chi connectivity index (χ1) is 6.07. The van der Waals surface area contributed by atoms with Gasteiger partial charge in [0.05, 0.1) is 5.56 Å². The average Bonchev–Trinajstić information content (AvgIpc) is 2.09. The van der Waals surface area contributed by atoms with Crippen molar-refractivity contribution >= 4 is 11.7 Å². The van der Waals surface area contributed by atoms with E-state index in [0.29, 0.717) is 17.7 Å². The largest absolute Gasteiger partial charge is 0.478 e. The lowest BCUT2D eigenvalue weighted by molar-refractivity contribution is 0.0696. The molecule has 0 atom stereocenters. The molecule has 1 rings (SSSR count). The van der Waals surface area contributed by atoms with Crippen molar-refractivity contribution in [2.45, 2.75) is 20.3 Å². The Morgan fingerprint density at radius 2 is 2.15 bits per heavy atom. The van der Waals surface area contributed by atoms with E-state index < -0.39 is 5.97 Å². The highest BCUT2D eigenvalue weighted by Crippen LogP contribution is 2.21. The first-order valence-electron chi connectivity index (χ1n) is 4.19. The van der Waals surface area contributed by atoms with Gasteiger partial charge in [-0.1, -0.05) is 13.0 Å². The molecule has 0 spiro atoms. The van der Waals surface area contributed by atoms with E-state index in [-0.39, 0.29) is 0 Å². The van der Waals surface area contributed by atoms with Gasteiger partial charge in [-0.25, -0.2) is 4.79 Å². The molecule has 0 aromatic heterocycles. The molecule has 0 fully saturated rings. The second-order valence-electron chi connectivity index (χ2n) is 2.98. The molecular weight excluding hydrogens is 166 g/mol. The number of aryl methyl sites for hydroxylation is 1. The second kappa shape index (κ2) is 3.47. The predicted octanol–water partition coefficient (Wildman–Crippen LogP) is 1.84. The lowest BCUT2D eigenvalue weighted by Gasteiger charge is -2.09. The van der Waals surface area contributed by atoms with Crippen molar-refractivity contribution in [3.63, 3.8) is 0 Å². The number of benzene rings is 1. The molecule has 70 valence electrons. The van der Waals surface area contributed by atoms with Crippen LogP contribution in [0, 0.1) is 6.92 Å². The van der Waals surface area contributed by atoms with Crippen LogP contribution in [0.2, 0.25) is 0 Å². The van der Waals surface area contributed by atoms with E-state index in [2.05, 4.69) is 0 Å². The molecule has 13 heavy (non-hydrogen) atoms. The number of carbonyl (C=O) groups is 1. The Hall–Kier alpha value is -1.51. The van der Waals surface area contributed by atoms with Gasteiger partial charge in [0.1, 0.15) is 0 Å². The van der Waals surface area contributed by atoms with Gasteiger partial charge >= 0.3 is 5.97 Å². The third kappa shape index (κ3) is 1.64. The molecule has 3 N–H and O–H groups in total. The fourth-order valence-corrected chi connectivity index (χ4v) is 1.36. The zero-order valence-electron chi connectivity index (χ0n) is 7.79. The lowest BCUT2D eigenvalue weighted by atomic mass is 10.00. The van der Waals surface area contributed by atoms with Gasteiger partial charge < -0.3 is 10.8 Å². The minimum absolute atomic E-state index is 0.311. The summed E-state index contributed by atoms with van der Waals surface area (Å²) in [5, 5.41) is 8.86. The summed E-state index contributed by atoms with van der Waals surface area (Å²) in [6.45, 7) is 3.78. The molecule has 0 amide bonds. The maximum Gasteiger partial charge on any atom is 0.336 e. The van der Waals surface area contributed by atoms with Crippen LogP contribution in [0.3, 0.4) is 0 Å². The van der Waals surface area contributed by atoms with Crippen LogP contribution >= 0.6 is 0 Å². The standard InChI is InChI=1S/C10H13NO2/c1-3-7-8(10(12)13)5-4-6(2)9(7)11/h4-5H,3,11H2,1-2H3,(H,12,13). The number of carboxylic acids is 1. The van der Waals surface area contributed by atoms with Crippen molar-refractivity contribution in [1.29, 1.82) is 0 Å². The molecule has 0 saturated carbocycles. The SMILES string of the molecule is CCc1c(C(=O)O)ccc(C)c1N. The zero-order valence-corrected chi connectivity index (χ0v) is 7.79. The molecule has 0 aliphatic carbocycles. The molecule has 0 unspecified atom stereocenters. The molecule has 0 bridgehead atoms. The number of nitrogens with two attached hydrogens (primary N) is 1. The minimum Gasteiger partial charge on any atom is -0.478 e. The van der Waals surface area contributed by atoms with E-state index in [1.165, 1.54) is 0 Å². The van der Waals surface area contributed by atoms with Gasteiger partial charge in [-0.2, -0.15) is 0 Å². The Balaban J connectivity index is 3.38. The second-order valence-corrected chi connectivity index (χ2v) is 2.98. The molecule has 0 aliphatic heterocycles. The van der Waals surface area contributed by atoms with E-state index >= 15 is 0 Å². The van der Waals surface area contributed by atoms with E-state index in [1.807, 2.05) is 13.8 Å². The topological polar surface area (TPSA) is 63.3 Å². The monoisotopic (exact) mass is 179 g/mol. The third-order valence-electron chi connectivity index (χ3n) is 2.16. The highest BCUT2D eigenvalue weighted by Gasteiger charge is 2.12. The summed E-state index contributed by atoms with van der Waals surface area (Å²) in [7, 11) is 0. The molecule has 1 aromatic rings. The summed E-state index contributed by atoms with van der Waals surface area (Å²) in [5.41, 5.74) is 8.34. The van der Waals surface area contributed by atoms with Crippen molar-refractivity contribution in [3.8, 4) is 0 Å². The maximum absolute atomic E-state index is 10.8. The molecule has 0 saturated heterocycles. The van der Waals surface area contributed by atoms with Gasteiger partial charge in [0.15, 0.2) is 0 Å². The fourth-order valence-electron chi connectivity index (χ4n) is 1.36. The first-order valence-corrected chi connectivity index (χ1v) is 4.19. The Bertz CT molecular complexity index is 345. The highest BCUT2D eigenvalue weighted by molar-refractivity contribution is 5.91. The van der Waals surface area contributed by atoms with E-state index in [0.717, 1.165) is 11.1 Å². The van der Waals surface area contributed by atoms with Crippen LogP contribution in [-0.2, 0) is 6.42 Å². The van der Waals surface area contributed by atoms with Crippen LogP contribution in [0.1, 0.15) is 28.4 Å². The predicted molar refractivity (Wildman–Crippen MR) is 51.9 cm³/mol. The summed E-state index contributed by atoms with van der Waals surface area (Å²) in [6.07, 6.45) is 0.648. The number of hydrogen-bond acceptors (Lipinski definition) is 2. The smallest absolute Gasteiger partial charge is 0.336 e.